The number of hydrogen-bond donors (Lipinski definition) is 3. The van der Waals surface area contributed by atoms with Gasteiger partial charge in [0, 0.05) is 23.5 Å². The number of halogens is 1. The molecule has 0 unspecified atom stereocenters. The number of carboxylic acid groups (broad SMARTS) is 1. The molecule has 24 heavy (non-hydrogen) atoms. The van der Waals surface area contributed by atoms with Crippen LogP contribution in [0.3, 0.4) is 0 Å². The predicted octanol–water partition coefficient (Wildman–Crippen LogP) is 2.63. The molecule has 3 aromatic rings. The largest absolute Gasteiger partial charge is 0.480 e. The van der Waals surface area contributed by atoms with E-state index in [0.717, 1.165) is 5.39 Å². The van der Waals surface area contributed by atoms with Crippen molar-refractivity contribution in [1.29, 1.82) is 0 Å². The number of aromatic nitrogens is 1. The third kappa shape index (κ3) is 3.01. The van der Waals surface area contributed by atoms with Crippen molar-refractivity contribution in [2.24, 2.45) is 0 Å². The molecule has 3 rings (SSSR count). The van der Waals surface area contributed by atoms with Crippen LogP contribution in [-0.4, -0.2) is 28.0 Å². The molecule has 2 heterocycles. The van der Waals surface area contributed by atoms with Gasteiger partial charge in [-0.25, -0.2) is 9.18 Å². The summed E-state index contributed by atoms with van der Waals surface area (Å²) in [6, 6.07) is 4.59. The zero-order valence-electron chi connectivity index (χ0n) is 12.8. The van der Waals surface area contributed by atoms with Gasteiger partial charge in [0.05, 0.1) is 11.8 Å². The van der Waals surface area contributed by atoms with Crippen molar-refractivity contribution in [2.75, 3.05) is 0 Å². The highest BCUT2D eigenvalue weighted by atomic mass is 19.1. The molecule has 2 aromatic heterocycles. The molecule has 1 atom stereocenters. The van der Waals surface area contributed by atoms with Crippen LogP contribution in [0.2, 0.25) is 0 Å². The number of amides is 1. The lowest BCUT2D eigenvalue weighted by atomic mass is 10.0. The van der Waals surface area contributed by atoms with Crippen LogP contribution in [0.4, 0.5) is 4.39 Å². The second-order valence-corrected chi connectivity index (χ2v) is 5.46. The minimum absolute atomic E-state index is 0.0730. The summed E-state index contributed by atoms with van der Waals surface area (Å²) in [5.41, 5.74) is 1.55. The summed E-state index contributed by atoms with van der Waals surface area (Å²) in [4.78, 5) is 26.6. The highest BCUT2D eigenvalue weighted by Crippen LogP contribution is 2.21. The van der Waals surface area contributed by atoms with E-state index < -0.39 is 17.9 Å². The SMILES string of the molecule is Cc1occc1C(=O)N[C@@H](Cc1c[nH]c2cc(F)ccc12)C(=O)O. The number of hydrogen-bond acceptors (Lipinski definition) is 3. The van der Waals surface area contributed by atoms with Crippen molar-refractivity contribution in [3.8, 4) is 0 Å². The molecule has 0 aliphatic carbocycles. The molecule has 0 saturated carbocycles. The van der Waals surface area contributed by atoms with Crippen molar-refractivity contribution in [3.63, 3.8) is 0 Å². The molecule has 124 valence electrons. The van der Waals surface area contributed by atoms with Crippen LogP contribution in [0.25, 0.3) is 10.9 Å². The second-order valence-electron chi connectivity index (χ2n) is 5.46. The zero-order chi connectivity index (χ0) is 17.3. The number of nitrogens with one attached hydrogen (secondary N) is 2. The van der Waals surface area contributed by atoms with E-state index in [2.05, 4.69) is 10.3 Å². The maximum atomic E-state index is 13.2. The van der Waals surface area contributed by atoms with Gasteiger partial charge in [0.15, 0.2) is 0 Å². The number of aromatic amines is 1. The van der Waals surface area contributed by atoms with E-state index in [1.807, 2.05) is 0 Å². The topological polar surface area (TPSA) is 95.3 Å². The minimum Gasteiger partial charge on any atom is -0.480 e. The van der Waals surface area contributed by atoms with Crippen LogP contribution in [0.1, 0.15) is 21.7 Å². The number of carbonyl (C=O) groups is 2. The van der Waals surface area contributed by atoms with Gasteiger partial charge < -0.3 is 19.8 Å². The Balaban J connectivity index is 1.82. The lowest BCUT2D eigenvalue weighted by Gasteiger charge is -2.14. The monoisotopic (exact) mass is 330 g/mol. The Bertz CT molecular complexity index is 912. The van der Waals surface area contributed by atoms with Gasteiger partial charge in [-0.15, -0.1) is 0 Å². The number of benzene rings is 1. The van der Waals surface area contributed by atoms with Crippen molar-refractivity contribution >= 4 is 22.8 Å². The molecular formula is C17H15FN2O4. The molecule has 0 saturated heterocycles. The smallest absolute Gasteiger partial charge is 0.326 e. The molecule has 0 fully saturated rings. The van der Waals surface area contributed by atoms with Gasteiger partial charge in [-0.05, 0) is 36.8 Å². The lowest BCUT2D eigenvalue weighted by molar-refractivity contribution is -0.139. The van der Waals surface area contributed by atoms with Gasteiger partial charge in [0.2, 0.25) is 0 Å². The van der Waals surface area contributed by atoms with Crippen molar-refractivity contribution in [2.45, 2.75) is 19.4 Å². The molecule has 0 spiro atoms. The lowest BCUT2D eigenvalue weighted by Crippen LogP contribution is -2.42. The van der Waals surface area contributed by atoms with Gasteiger partial charge >= 0.3 is 5.97 Å². The highest BCUT2D eigenvalue weighted by molar-refractivity contribution is 5.97. The van der Waals surface area contributed by atoms with Crippen LogP contribution in [0, 0.1) is 12.7 Å². The molecule has 1 amide bonds. The van der Waals surface area contributed by atoms with E-state index in [1.54, 1.807) is 19.2 Å². The fraction of sp³-hybridized carbons (Fsp3) is 0.176. The Morgan fingerprint density at radius 1 is 1.38 bits per heavy atom. The van der Waals surface area contributed by atoms with E-state index in [0.29, 0.717) is 22.4 Å². The molecule has 1 aromatic carbocycles. The van der Waals surface area contributed by atoms with Gasteiger partial charge in [-0.2, -0.15) is 0 Å². The van der Waals surface area contributed by atoms with E-state index in [4.69, 9.17) is 4.42 Å². The van der Waals surface area contributed by atoms with E-state index >= 15 is 0 Å². The zero-order valence-corrected chi connectivity index (χ0v) is 12.8. The molecule has 0 aliphatic rings. The van der Waals surface area contributed by atoms with Gasteiger partial charge in [-0.3, -0.25) is 4.79 Å². The number of fused-ring (bicyclic) bond motifs is 1. The second kappa shape index (κ2) is 6.19. The maximum Gasteiger partial charge on any atom is 0.326 e. The molecular weight excluding hydrogens is 315 g/mol. The molecule has 6 nitrogen and oxygen atoms in total. The van der Waals surface area contributed by atoms with Gasteiger partial charge in [-0.1, -0.05) is 0 Å². The third-order valence-electron chi connectivity index (χ3n) is 3.86. The number of furan rings is 1. The molecule has 0 radical (unpaired) electrons. The average Bonchev–Trinajstić information content (AvgIpc) is 3.12. The summed E-state index contributed by atoms with van der Waals surface area (Å²) in [5.74, 6) is -1.63. The normalized spacial score (nSPS) is 12.2. The number of aliphatic carboxylic acids is 1. The number of H-pyrrole nitrogens is 1. The predicted molar refractivity (Wildman–Crippen MR) is 84.3 cm³/mol. The Morgan fingerprint density at radius 2 is 2.17 bits per heavy atom. The number of carboxylic acids is 1. The van der Waals surface area contributed by atoms with Crippen LogP contribution in [0.15, 0.2) is 41.1 Å². The first-order valence-corrected chi connectivity index (χ1v) is 7.29. The van der Waals surface area contributed by atoms with Crippen LogP contribution < -0.4 is 5.32 Å². The fourth-order valence-electron chi connectivity index (χ4n) is 2.60. The van der Waals surface area contributed by atoms with E-state index in [-0.39, 0.29) is 12.2 Å². The number of carbonyl (C=O) groups excluding carboxylic acids is 1. The standard InChI is InChI=1S/C17H15FN2O4/c1-9-12(4-5-24-9)16(21)20-15(17(22)23)6-10-8-19-14-7-11(18)2-3-13(10)14/h2-5,7-8,15,19H,6H2,1H3,(H,20,21)(H,22,23)/t15-/m0/s1. The number of aryl methyl sites for hydroxylation is 1. The quantitative estimate of drug-likeness (QED) is 0.670. The first-order chi connectivity index (χ1) is 11.5. The summed E-state index contributed by atoms with van der Waals surface area (Å²) >= 11 is 0. The first-order valence-electron chi connectivity index (χ1n) is 7.29. The van der Waals surface area contributed by atoms with Gasteiger partial charge in [0.25, 0.3) is 5.91 Å². The van der Waals surface area contributed by atoms with Gasteiger partial charge in [0.1, 0.15) is 17.6 Å². The molecule has 3 N–H and O–H groups in total. The van der Waals surface area contributed by atoms with E-state index in [1.165, 1.54) is 24.5 Å². The third-order valence-corrected chi connectivity index (χ3v) is 3.86. The summed E-state index contributed by atoms with van der Waals surface area (Å²) < 4.78 is 18.3. The summed E-state index contributed by atoms with van der Waals surface area (Å²) in [6.45, 7) is 1.62. The Hall–Kier alpha value is -3.09. The van der Waals surface area contributed by atoms with Crippen LogP contribution >= 0.6 is 0 Å². The number of rotatable bonds is 5. The van der Waals surface area contributed by atoms with E-state index in [9.17, 15) is 19.1 Å². The Labute approximate surface area is 136 Å². The molecule has 0 aliphatic heterocycles. The van der Waals surface area contributed by atoms with Crippen LogP contribution in [0.5, 0.6) is 0 Å². The van der Waals surface area contributed by atoms with Crippen LogP contribution in [-0.2, 0) is 11.2 Å². The van der Waals surface area contributed by atoms with Crippen molar-refractivity contribution < 1.29 is 23.5 Å². The summed E-state index contributed by atoms with van der Waals surface area (Å²) in [5, 5.41) is 12.6. The minimum atomic E-state index is -1.15. The molecule has 7 heteroatoms. The van der Waals surface area contributed by atoms with Crippen molar-refractivity contribution in [3.05, 3.63) is 59.4 Å². The maximum absolute atomic E-state index is 13.2. The summed E-state index contributed by atoms with van der Waals surface area (Å²) in [6.07, 6.45) is 3.06. The molecule has 0 bridgehead atoms. The Kier molecular flexibility index (Phi) is 4.07. The highest BCUT2D eigenvalue weighted by Gasteiger charge is 2.23. The Morgan fingerprint density at radius 3 is 2.83 bits per heavy atom. The fourth-order valence-corrected chi connectivity index (χ4v) is 2.60. The summed E-state index contributed by atoms with van der Waals surface area (Å²) in [7, 11) is 0. The first kappa shape index (κ1) is 15.8. The van der Waals surface area contributed by atoms with Crippen molar-refractivity contribution in [1.82, 2.24) is 10.3 Å². The average molecular weight is 330 g/mol.